The Morgan fingerprint density at radius 1 is 1.29 bits per heavy atom. The molecule has 0 radical (unpaired) electrons. The average molecular weight is 328 g/mol. The van der Waals surface area contributed by atoms with Crippen molar-refractivity contribution in [2.75, 3.05) is 7.05 Å². The molecule has 3 rings (SSSR count). The first-order valence-corrected chi connectivity index (χ1v) is 7.92. The number of furan rings is 1. The highest BCUT2D eigenvalue weighted by atomic mass is 16.3. The summed E-state index contributed by atoms with van der Waals surface area (Å²) in [7, 11) is 1.64. The molecule has 126 valence electrons. The summed E-state index contributed by atoms with van der Waals surface area (Å²) in [5.74, 6) is -0.377. The van der Waals surface area contributed by atoms with Crippen LogP contribution in [0.2, 0.25) is 0 Å². The summed E-state index contributed by atoms with van der Waals surface area (Å²) in [4.78, 5) is 26.4. The van der Waals surface area contributed by atoms with Crippen molar-refractivity contribution in [3.05, 3.63) is 54.0 Å². The Morgan fingerprint density at radius 3 is 2.75 bits per heavy atom. The highest BCUT2D eigenvalue weighted by molar-refractivity contribution is 6.00. The van der Waals surface area contributed by atoms with Gasteiger partial charge >= 0.3 is 0 Å². The fraction of sp³-hybridized carbons (Fsp3) is 0.333. The van der Waals surface area contributed by atoms with Gasteiger partial charge in [-0.05, 0) is 31.0 Å². The molecule has 1 fully saturated rings. The van der Waals surface area contributed by atoms with Crippen LogP contribution in [0.1, 0.15) is 30.2 Å². The number of hydrogen-bond acceptors (Lipinski definition) is 4. The molecule has 24 heavy (non-hydrogen) atoms. The number of amides is 2. The zero-order chi connectivity index (χ0) is 17.1. The van der Waals surface area contributed by atoms with Gasteiger partial charge in [0, 0.05) is 19.2 Å². The molecule has 0 saturated carbocycles. The van der Waals surface area contributed by atoms with E-state index in [1.807, 2.05) is 6.07 Å². The molecular formula is C18H20N2O4. The van der Waals surface area contributed by atoms with Crippen molar-refractivity contribution in [3.8, 4) is 5.75 Å². The number of carbonyl (C=O) groups is 2. The van der Waals surface area contributed by atoms with E-state index in [9.17, 15) is 14.7 Å². The summed E-state index contributed by atoms with van der Waals surface area (Å²) >= 11 is 0. The Hall–Kier alpha value is -2.76. The lowest BCUT2D eigenvalue weighted by molar-refractivity contribution is -0.144. The van der Waals surface area contributed by atoms with Crippen LogP contribution in [0.5, 0.6) is 5.75 Å². The SMILES string of the molecule is CN(Cc1ccccc1O)C(=O)C1CCC(c2ccco2)NC1=O. The number of rotatable bonds is 4. The predicted molar refractivity (Wildman–Crippen MR) is 86.9 cm³/mol. The Kier molecular flexibility index (Phi) is 4.55. The molecule has 0 spiro atoms. The highest BCUT2D eigenvalue weighted by Crippen LogP contribution is 2.28. The number of nitrogens with one attached hydrogen (secondary N) is 1. The number of phenols is 1. The maximum Gasteiger partial charge on any atom is 0.235 e. The molecule has 1 aliphatic rings. The summed E-state index contributed by atoms with van der Waals surface area (Å²) in [6, 6.07) is 10.3. The third-order valence-corrected chi connectivity index (χ3v) is 4.34. The normalized spacial score (nSPS) is 20.5. The van der Waals surface area contributed by atoms with Gasteiger partial charge in [-0.25, -0.2) is 0 Å². The lowest BCUT2D eigenvalue weighted by Gasteiger charge is -2.30. The molecule has 6 nitrogen and oxygen atoms in total. The fourth-order valence-corrected chi connectivity index (χ4v) is 2.99. The van der Waals surface area contributed by atoms with E-state index >= 15 is 0 Å². The second kappa shape index (κ2) is 6.78. The maximum atomic E-state index is 12.6. The van der Waals surface area contributed by atoms with Gasteiger partial charge in [0.1, 0.15) is 17.4 Å². The predicted octanol–water partition coefficient (Wildman–Crippen LogP) is 2.21. The van der Waals surface area contributed by atoms with Crippen LogP contribution in [0.4, 0.5) is 0 Å². The quantitative estimate of drug-likeness (QED) is 0.843. The van der Waals surface area contributed by atoms with Crippen LogP contribution in [-0.2, 0) is 16.1 Å². The molecule has 1 saturated heterocycles. The van der Waals surface area contributed by atoms with Gasteiger partial charge in [-0.2, -0.15) is 0 Å². The van der Waals surface area contributed by atoms with Gasteiger partial charge in [0.2, 0.25) is 11.8 Å². The summed E-state index contributed by atoms with van der Waals surface area (Å²) in [6.45, 7) is 0.261. The molecule has 2 heterocycles. The largest absolute Gasteiger partial charge is 0.508 e. The Labute approximate surface area is 140 Å². The lowest BCUT2D eigenvalue weighted by atomic mass is 9.91. The monoisotopic (exact) mass is 328 g/mol. The second-order valence-electron chi connectivity index (χ2n) is 6.03. The lowest BCUT2D eigenvalue weighted by Crippen LogP contribution is -2.46. The van der Waals surface area contributed by atoms with Crippen molar-refractivity contribution in [2.24, 2.45) is 5.92 Å². The van der Waals surface area contributed by atoms with Gasteiger partial charge in [0.05, 0.1) is 12.3 Å². The van der Waals surface area contributed by atoms with Gasteiger partial charge < -0.3 is 19.7 Å². The number of phenolic OH excluding ortho intramolecular Hbond substituents is 1. The van der Waals surface area contributed by atoms with Crippen LogP contribution in [0.3, 0.4) is 0 Å². The van der Waals surface area contributed by atoms with Crippen LogP contribution in [-0.4, -0.2) is 28.9 Å². The first-order valence-electron chi connectivity index (χ1n) is 7.92. The molecule has 6 heteroatoms. The molecule has 1 aromatic carbocycles. The number of benzene rings is 1. The van der Waals surface area contributed by atoms with E-state index in [1.165, 1.54) is 4.90 Å². The molecule has 2 amide bonds. The van der Waals surface area contributed by atoms with E-state index in [0.717, 1.165) is 0 Å². The molecular weight excluding hydrogens is 308 g/mol. The number of piperidine rings is 1. The molecule has 0 bridgehead atoms. The van der Waals surface area contributed by atoms with Crippen LogP contribution in [0.25, 0.3) is 0 Å². The van der Waals surface area contributed by atoms with Gasteiger partial charge in [0.15, 0.2) is 0 Å². The number of carbonyl (C=O) groups excluding carboxylic acids is 2. The average Bonchev–Trinajstić information content (AvgIpc) is 3.11. The molecule has 0 aliphatic carbocycles. The summed E-state index contributed by atoms with van der Waals surface area (Å²) in [5, 5.41) is 12.7. The van der Waals surface area contributed by atoms with Gasteiger partial charge in [-0.1, -0.05) is 18.2 Å². The zero-order valence-electron chi connectivity index (χ0n) is 13.4. The Balaban J connectivity index is 1.63. The molecule has 2 atom stereocenters. The van der Waals surface area contributed by atoms with E-state index in [-0.39, 0.29) is 30.2 Å². The first-order chi connectivity index (χ1) is 11.6. The van der Waals surface area contributed by atoms with Gasteiger partial charge in [-0.3, -0.25) is 9.59 Å². The van der Waals surface area contributed by atoms with E-state index in [4.69, 9.17) is 4.42 Å². The molecule has 2 N–H and O–H groups in total. The van der Waals surface area contributed by atoms with Gasteiger partial charge in [0.25, 0.3) is 0 Å². The summed E-state index contributed by atoms with van der Waals surface area (Å²) in [6.07, 6.45) is 2.69. The van der Waals surface area contributed by atoms with Crippen LogP contribution in [0.15, 0.2) is 47.1 Å². The van der Waals surface area contributed by atoms with Crippen molar-refractivity contribution >= 4 is 11.8 Å². The Morgan fingerprint density at radius 2 is 2.08 bits per heavy atom. The third kappa shape index (κ3) is 3.27. The smallest absolute Gasteiger partial charge is 0.235 e. The first kappa shape index (κ1) is 16.1. The van der Waals surface area contributed by atoms with Crippen molar-refractivity contribution < 1.29 is 19.1 Å². The molecule has 2 aromatic rings. The minimum Gasteiger partial charge on any atom is -0.508 e. The zero-order valence-corrected chi connectivity index (χ0v) is 13.4. The van der Waals surface area contributed by atoms with Crippen LogP contribution >= 0.6 is 0 Å². The minimum atomic E-state index is -0.702. The number of hydrogen-bond donors (Lipinski definition) is 2. The standard InChI is InChI=1S/C18H20N2O4/c1-20(11-12-5-2-3-6-15(12)21)18(23)13-8-9-14(19-17(13)22)16-7-4-10-24-16/h2-7,10,13-14,21H,8-9,11H2,1H3,(H,19,22). The van der Waals surface area contributed by atoms with Crippen molar-refractivity contribution in [1.29, 1.82) is 0 Å². The van der Waals surface area contributed by atoms with Crippen molar-refractivity contribution in [1.82, 2.24) is 10.2 Å². The van der Waals surface area contributed by atoms with Crippen molar-refractivity contribution in [2.45, 2.75) is 25.4 Å². The molecule has 1 aromatic heterocycles. The summed E-state index contributed by atoms with van der Waals surface area (Å²) in [5.41, 5.74) is 0.651. The van der Waals surface area contributed by atoms with Gasteiger partial charge in [-0.15, -0.1) is 0 Å². The number of nitrogens with zero attached hydrogens (tertiary/aromatic N) is 1. The molecule has 1 aliphatic heterocycles. The molecule has 2 unspecified atom stereocenters. The van der Waals surface area contributed by atoms with E-state index in [0.29, 0.717) is 24.2 Å². The van der Waals surface area contributed by atoms with Crippen molar-refractivity contribution in [3.63, 3.8) is 0 Å². The van der Waals surface area contributed by atoms with Crippen LogP contribution in [0, 0.1) is 5.92 Å². The highest BCUT2D eigenvalue weighted by Gasteiger charge is 2.36. The second-order valence-corrected chi connectivity index (χ2v) is 6.03. The Bertz CT molecular complexity index is 726. The fourth-order valence-electron chi connectivity index (χ4n) is 2.99. The van der Waals surface area contributed by atoms with E-state index < -0.39 is 5.92 Å². The van der Waals surface area contributed by atoms with E-state index in [2.05, 4.69) is 5.32 Å². The number of para-hydroxylation sites is 1. The third-order valence-electron chi connectivity index (χ3n) is 4.34. The summed E-state index contributed by atoms with van der Waals surface area (Å²) < 4.78 is 5.32. The number of aromatic hydroxyl groups is 1. The minimum absolute atomic E-state index is 0.142. The van der Waals surface area contributed by atoms with E-state index in [1.54, 1.807) is 43.6 Å². The topological polar surface area (TPSA) is 82.8 Å². The maximum absolute atomic E-state index is 12.6. The van der Waals surface area contributed by atoms with Crippen LogP contribution < -0.4 is 5.32 Å².